The van der Waals surface area contributed by atoms with Crippen molar-refractivity contribution in [3.63, 3.8) is 0 Å². The number of carbonyl (C=O) groups is 2. The number of H-pyrrole nitrogens is 1. The first-order valence-corrected chi connectivity index (χ1v) is 8.78. The number of Topliss-reactive ketones (excluding diaryl/α,β-unsaturated/α-hetero) is 1. The van der Waals surface area contributed by atoms with Gasteiger partial charge in [-0.3, -0.25) is 9.59 Å². The monoisotopic (exact) mass is 367 g/mol. The van der Waals surface area contributed by atoms with Crippen LogP contribution in [-0.2, 0) is 11.3 Å². The van der Waals surface area contributed by atoms with Gasteiger partial charge in [0.1, 0.15) is 0 Å². The molecule has 0 aliphatic carbocycles. The lowest BCUT2D eigenvalue weighted by Crippen LogP contribution is -2.19. The van der Waals surface area contributed by atoms with E-state index in [4.69, 9.17) is 4.74 Å². The van der Waals surface area contributed by atoms with Crippen LogP contribution < -0.4 is 5.56 Å². The molecule has 0 atom stereocenters. The van der Waals surface area contributed by atoms with Gasteiger partial charge in [0, 0.05) is 28.9 Å². The third kappa shape index (κ3) is 3.53. The number of carbonyl (C=O) groups excluding carboxylic acids is 2. The van der Waals surface area contributed by atoms with Crippen molar-refractivity contribution in [3.05, 3.63) is 63.3 Å². The number of nitrogens with zero attached hydrogens (tertiary/aromatic N) is 2. The Bertz CT molecular complexity index is 1080. The van der Waals surface area contributed by atoms with Crippen LogP contribution in [-0.4, -0.2) is 33.1 Å². The summed E-state index contributed by atoms with van der Waals surface area (Å²) in [7, 11) is 0. The number of hydrogen-bond acceptors (Lipinski definition) is 5. The number of fused-ring (bicyclic) bond motifs is 1. The summed E-state index contributed by atoms with van der Waals surface area (Å²) in [6, 6.07) is 8.43. The number of rotatable bonds is 6. The fourth-order valence-electron chi connectivity index (χ4n) is 3.20. The molecule has 0 saturated heterocycles. The highest BCUT2D eigenvalue weighted by Crippen LogP contribution is 2.17. The fourth-order valence-corrected chi connectivity index (χ4v) is 3.20. The topological polar surface area (TPSA) is 94.0 Å². The van der Waals surface area contributed by atoms with Crippen LogP contribution in [0.15, 0.2) is 35.1 Å². The molecular weight excluding hydrogens is 346 g/mol. The summed E-state index contributed by atoms with van der Waals surface area (Å²) in [5.41, 5.74) is 2.00. The van der Waals surface area contributed by atoms with Crippen LogP contribution in [0.4, 0.5) is 0 Å². The molecule has 2 aromatic heterocycles. The number of hydrogen-bond donors (Lipinski definition) is 1. The van der Waals surface area contributed by atoms with Crippen LogP contribution in [0.5, 0.6) is 0 Å². The van der Waals surface area contributed by atoms with E-state index in [1.165, 1.54) is 0 Å². The molecule has 0 bridgehead atoms. The Kier molecular flexibility index (Phi) is 5.21. The minimum absolute atomic E-state index is 0.0190. The van der Waals surface area contributed by atoms with Gasteiger partial charge >= 0.3 is 5.97 Å². The average molecular weight is 367 g/mol. The fraction of sp³-hybridized carbons (Fsp3) is 0.300. The van der Waals surface area contributed by atoms with E-state index in [1.807, 2.05) is 19.9 Å². The van der Waals surface area contributed by atoms with E-state index in [0.29, 0.717) is 16.3 Å². The van der Waals surface area contributed by atoms with Gasteiger partial charge in [0.05, 0.1) is 5.39 Å². The van der Waals surface area contributed by atoms with Gasteiger partial charge in [-0.2, -0.15) is 5.10 Å². The van der Waals surface area contributed by atoms with E-state index in [-0.39, 0.29) is 23.6 Å². The zero-order valence-electron chi connectivity index (χ0n) is 15.5. The van der Waals surface area contributed by atoms with Crippen molar-refractivity contribution >= 4 is 22.5 Å². The molecule has 1 N–H and O–H groups in total. The SMILES string of the molecule is CCCn1c(C)cc(C(=O)COC(=O)c2n[nH]c(=O)c3ccccc23)c1C. The number of aryl methyl sites for hydroxylation is 1. The first kappa shape index (κ1) is 18.6. The quantitative estimate of drug-likeness (QED) is 0.534. The van der Waals surface area contributed by atoms with Crippen LogP contribution >= 0.6 is 0 Å². The van der Waals surface area contributed by atoms with Crippen LogP contribution in [0.25, 0.3) is 10.8 Å². The molecule has 0 amide bonds. The third-order valence-corrected chi connectivity index (χ3v) is 4.55. The van der Waals surface area contributed by atoms with Crippen molar-refractivity contribution < 1.29 is 14.3 Å². The number of benzene rings is 1. The number of ether oxygens (including phenoxy) is 1. The van der Waals surface area contributed by atoms with Crippen molar-refractivity contribution in [1.82, 2.24) is 14.8 Å². The van der Waals surface area contributed by atoms with E-state index in [9.17, 15) is 14.4 Å². The summed E-state index contributed by atoms with van der Waals surface area (Å²) >= 11 is 0. The minimum Gasteiger partial charge on any atom is -0.452 e. The van der Waals surface area contributed by atoms with Crippen molar-refractivity contribution in [1.29, 1.82) is 0 Å². The maximum absolute atomic E-state index is 12.5. The van der Waals surface area contributed by atoms with Crippen LogP contribution in [0.3, 0.4) is 0 Å². The average Bonchev–Trinajstić information content (AvgIpc) is 2.95. The van der Waals surface area contributed by atoms with Crippen molar-refractivity contribution in [3.8, 4) is 0 Å². The van der Waals surface area contributed by atoms with Gasteiger partial charge in [0.2, 0.25) is 5.78 Å². The first-order chi connectivity index (χ1) is 12.9. The van der Waals surface area contributed by atoms with Crippen LogP contribution in [0, 0.1) is 13.8 Å². The summed E-state index contributed by atoms with van der Waals surface area (Å²) in [4.78, 5) is 36.7. The highest BCUT2D eigenvalue weighted by atomic mass is 16.5. The Balaban J connectivity index is 1.79. The van der Waals surface area contributed by atoms with Gasteiger partial charge in [0.15, 0.2) is 12.3 Å². The predicted molar refractivity (Wildman–Crippen MR) is 101 cm³/mol. The molecule has 3 aromatic rings. The second kappa shape index (κ2) is 7.57. The normalized spacial score (nSPS) is 10.9. The standard InChI is InChI=1S/C20H21N3O4/c1-4-9-23-12(2)10-16(13(23)3)17(24)11-27-20(26)18-14-7-5-6-8-15(14)19(25)22-21-18/h5-8,10H,4,9,11H2,1-3H3,(H,22,25). The van der Waals surface area contributed by atoms with Crippen molar-refractivity contribution in [2.45, 2.75) is 33.7 Å². The van der Waals surface area contributed by atoms with Crippen molar-refractivity contribution in [2.75, 3.05) is 6.61 Å². The minimum atomic E-state index is -0.752. The number of ketones is 1. The van der Waals surface area contributed by atoms with E-state index in [1.54, 1.807) is 24.3 Å². The second-order valence-electron chi connectivity index (χ2n) is 6.38. The summed E-state index contributed by atoms with van der Waals surface area (Å²) in [6.45, 7) is 6.35. The molecule has 3 rings (SSSR count). The number of esters is 1. The van der Waals surface area contributed by atoms with E-state index < -0.39 is 5.97 Å². The molecule has 0 aliphatic heterocycles. The molecule has 0 radical (unpaired) electrons. The Morgan fingerprint density at radius 3 is 2.59 bits per heavy atom. The van der Waals surface area contributed by atoms with Gasteiger partial charge < -0.3 is 9.30 Å². The molecule has 0 saturated carbocycles. The lowest BCUT2D eigenvalue weighted by atomic mass is 10.1. The van der Waals surface area contributed by atoms with E-state index in [2.05, 4.69) is 21.7 Å². The molecule has 27 heavy (non-hydrogen) atoms. The van der Waals surface area contributed by atoms with Gasteiger partial charge in [-0.15, -0.1) is 0 Å². The lowest BCUT2D eigenvalue weighted by Gasteiger charge is -2.08. The Morgan fingerprint density at radius 2 is 1.89 bits per heavy atom. The summed E-state index contributed by atoms with van der Waals surface area (Å²) in [6.07, 6.45) is 0.962. The molecule has 0 fully saturated rings. The Morgan fingerprint density at radius 1 is 1.19 bits per heavy atom. The Hall–Kier alpha value is -3.22. The van der Waals surface area contributed by atoms with Gasteiger partial charge in [-0.25, -0.2) is 9.89 Å². The molecule has 7 heteroatoms. The van der Waals surface area contributed by atoms with Crippen LogP contribution in [0.2, 0.25) is 0 Å². The third-order valence-electron chi connectivity index (χ3n) is 4.55. The maximum Gasteiger partial charge on any atom is 0.359 e. The lowest BCUT2D eigenvalue weighted by molar-refractivity contribution is 0.0469. The molecule has 140 valence electrons. The van der Waals surface area contributed by atoms with Gasteiger partial charge in [0.25, 0.3) is 5.56 Å². The molecule has 0 spiro atoms. The highest BCUT2D eigenvalue weighted by molar-refractivity contribution is 6.04. The van der Waals surface area contributed by atoms with Crippen molar-refractivity contribution in [2.24, 2.45) is 0 Å². The molecule has 0 aliphatic rings. The van der Waals surface area contributed by atoms with E-state index in [0.717, 1.165) is 24.4 Å². The largest absolute Gasteiger partial charge is 0.452 e. The maximum atomic E-state index is 12.5. The van der Waals surface area contributed by atoms with Gasteiger partial charge in [-0.05, 0) is 32.4 Å². The first-order valence-electron chi connectivity index (χ1n) is 8.78. The second-order valence-corrected chi connectivity index (χ2v) is 6.38. The summed E-state index contributed by atoms with van der Waals surface area (Å²) in [5, 5.41) is 6.80. The molecular formula is C20H21N3O4. The molecule has 1 aromatic carbocycles. The van der Waals surface area contributed by atoms with E-state index >= 15 is 0 Å². The molecule has 7 nitrogen and oxygen atoms in total. The summed E-state index contributed by atoms with van der Waals surface area (Å²) in [5.74, 6) is -1.02. The predicted octanol–water partition coefficient (Wildman–Crippen LogP) is 2.79. The zero-order chi connectivity index (χ0) is 19.6. The number of nitrogens with one attached hydrogen (secondary N) is 1. The molecule has 0 unspecified atom stereocenters. The van der Waals surface area contributed by atoms with Crippen LogP contribution in [0.1, 0.15) is 45.6 Å². The highest BCUT2D eigenvalue weighted by Gasteiger charge is 2.20. The zero-order valence-corrected chi connectivity index (χ0v) is 15.5. The Labute approximate surface area is 156 Å². The molecule has 2 heterocycles. The van der Waals surface area contributed by atoms with Gasteiger partial charge in [-0.1, -0.05) is 25.1 Å². The number of aromatic nitrogens is 3. The smallest absolute Gasteiger partial charge is 0.359 e. The summed E-state index contributed by atoms with van der Waals surface area (Å²) < 4.78 is 7.25. The number of aromatic amines is 1.